The fourth-order valence-corrected chi connectivity index (χ4v) is 1.98. The molecule has 0 radical (unpaired) electrons. The van der Waals surface area contributed by atoms with Crippen LogP contribution in [0.2, 0.25) is 5.02 Å². The molecule has 0 saturated carbocycles. The molecule has 0 amide bonds. The molecule has 0 bridgehead atoms. The van der Waals surface area contributed by atoms with Crippen molar-refractivity contribution in [1.82, 2.24) is 20.4 Å². The average molecular weight is 296 g/mol. The number of aryl methyl sites for hydroxylation is 1. The van der Waals surface area contributed by atoms with E-state index >= 15 is 0 Å². The van der Waals surface area contributed by atoms with Crippen LogP contribution in [0.3, 0.4) is 0 Å². The van der Waals surface area contributed by atoms with Gasteiger partial charge in [-0.3, -0.25) is 5.84 Å². The molecule has 0 aliphatic carbocycles. The Balaban J connectivity index is 2.01. The van der Waals surface area contributed by atoms with E-state index in [4.69, 9.17) is 22.2 Å². The molecule has 0 aliphatic heterocycles. The highest BCUT2D eigenvalue weighted by Crippen LogP contribution is 2.18. The standard InChI is InChI=1S/C13H18ClN5O/c1-2-7-19-13(8-16-18-19)12(17-15)9-20-11-5-3-10(14)4-6-11/h3-6,8,12,17H,2,7,9,15H2,1H3. The Hall–Kier alpha value is -1.63. The van der Waals surface area contributed by atoms with Crippen LogP contribution in [0.15, 0.2) is 30.5 Å². The van der Waals surface area contributed by atoms with Crippen molar-refractivity contribution in [3.05, 3.63) is 41.2 Å². The van der Waals surface area contributed by atoms with Gasteiger partial charge in [-0.25, -0.2) is 10.1 Å². The molecule has 3 N–H and O–H groups in total. The van der Waals surface area contributed by atoms with E-state index in [0.717, 1.165) is 24.4 Å². The van der Waals surface area contributed by atoms with Crippen LogP contribution in [0.25, 0.3) is 0 Å². The monoisotopic (exact) mass is 295 g/mol. The number of nitrogens with one attached hydrogen (secondary N) is 1. The summed E-state index contributed by atoms with van der Waals surface area (Å²) in [6.07, 6.45) is 2.68. The van der Waals surface area contributed by atoms with Crippen molar-refractivity contribution in [2.45, 2.75) is 25.9 Å². The number of rotatable bonds is 7. The number of hydrazine groups is 1. The van der Waals surface area contributed by atoms with Crippen molar-refractivity contribution in [1.29, 1.82) is 0 Å². The lowest BCUT2D eigenvalue weighted by molar-refractivity contribution is 0.259. The fraction of sp³-hybridized carbons (Fsp3) is 0.385. The first-order valence-electron chi connectivity index (χ1n) is 6.47. The van der Waals surface area contributed by atoms with Crippen molar-refractivity contribution in [2.24, 2.45) is 5.84 Å². The highest BCUT2D eigenvalue weighted by atomic mass is 35.5. The number of hydrogen-bond acceptors (Lipinski definition) is 5. The number of nitrogens with two attached hydrogens (primary N) is 1. The molecule has 6 nitrogen and oxygen atoms in total. The van der Waals surface area contributed by atoms with Crippen LogP contribution in [0.1, 0.15) is 25.1 Å². The Bertz CT molecular complexity index is 528. The first-order valence-corrected chi connectivity index (χ1v) is 6.85. The van der Waals surface area contributed by atoms with E-state index in [1.165, 1.54) is 0 Å². The predicted molar refractivity (Wildman–Crippen MR) is 77.3 cm³/mol. The molecule has 7 heteroatoms. The number of ether oxygens (including phenoxy) is 1. The molecule has 0 saturated heterocycles. The molecule has 1 aromatic carbocycles. The molecular weight excluding hydrogens is 278 g/mol. The highest BCUT2D eigenvalue weighted by molar-refractivity contribution is 6.30. The first kappa shape index (κ1) is 14.8. The second kappa shape index (κ2) is 7.23. The molecule has 20 heavy (non-hydrogen) atoms. The summed E-state index contributed by atoms with van der Waals surface area (Å²) >= 11 is 5.83. The molecule has 2 rings (SSSR count). The molecule has 0 aliphatic rings. The quantitative estimate of drug-likeness (QED) is 0.603. The van der Waals surface area contributed by atoms with E-state index in [0.29, 0.717) is 11.6 Å². The molecule has 1 unspecified atom stereocenters. The van der Waals surface area contributed by atoms with Crippen LogP contribution >= 0.6 is 11.6 Å². The SMILES string of the molecule is CCCn1nncc1C(COc1ccc(Cl)cc1)NN. The van der Waals surface area contributed by atoms with Crippen LogP contribution in [-0.2, 0) is 6.54 Å². The largest absolute Gasteiger partial charge is 0.491 e. The van der Waals surface area contributed by atoms with Crippen LogP contribution in [0, 0.1) is 0 Å². The van der Waals surface area contributed by atoms with Crippen molar-refractivity contribution >= 4 is 11.6 Å². The zero-order chi connectivity index (χ0) is 14.4. The number of aromatic nitrogens is 3. The molecule has 2 aromatic rings. The van der Waals surface area contributed by atoms with Gasteiger partial charge in [0.05, 0.1) is 17.9 Å². The zero-order valence-electron chi connectivity index (χ0n) is 11.3. The van der Waals surface area contributed by atoms with Gasteiger partial charge in [0.1, 0.15) is 12.4 Å². The maximum absolute atomic E-state index is 5.83. The second-order valence-electron chi connectivity index (χ2n) is 4.37. The van der Waals surface area contributed by atoms with Gasteiger partial charge in [0.15, 0.2) is 0 Å². The maximum Gasteiger partial charge on any atom is 0.119 e. The van der Waals surface area contributed by atoms with E-state index in [1.54, 1.807) is 18.3 Å². The minimum Gasteiger partial charge on any atom is -0.491 e. The van der Waals surface area contributed by atoms with Gasteiger partial charge >= 0.3 is 0 Å². The Morgan fingerprint density at radius 3 is 2.80 bits per heavy atom. The summed E-state index contributed by atoms with van der Waals surface area (Å²) in [5.41, 5.74) is 3.64. The first-order chi connectivity index (χ1) is 9.74. The van der Waals surface area contributed by atoms with E-state index in [9.17, 15) is 0 Å². The molecule has 1 atom stereocenters. The lowest BCUT2D eigenvalue weighted by Crippen LogP contribution is -2.34. The molecule has 108 valence electrons. The third-order valence-electron chi connectivity index (χ3n) is 2.87. The molecule has 1 aromatic heterocycles. The third kappa shape index (κ3) is 3.69. The fourth-order valence-electron chi connectivity index (χ4n) is 1.85. The van der Waals surface area contributed by atoms with Gasteiger partial charge in [0, 0.05) is 11.6 Å². The van der Waals surface area contributed by atoms with Gasteiger partial charge in [-0.15, -0.1) is 5.10 Å². The second-order valence-corrected chi connectivity index (χ2v) is 4.80. The van der Waals surface area contributed by atoms with Crippen LogP contribution in [0.5, 0.6) is 5.75 Å². The van der Waals surface area contributed by atoms with Crippen molar-refractivity contribution in [2.75, 3.05) is 6.61 Å². The number of benzene rings is 1. The number of halogens is 1. The van der Waals surface area contributed by atoms with Crippen molar-refractivity contribution in [3.8, 4) is 5.75 Å². The van der Waals surface area contributed by atoms with Gasteiger partial charge in [0.2, 0.25) is 0 Å². The minimum absolute atomic E-state index is 0.174. The normalized spacial score (nSPS) is 12.3. The molecular formula is C13H18ClN5O. The van der Waals surface area contributed by atoms with Gasteiger partial charge in [-0.1, -0.05) is 23.7 Å². The topological polar surface area (TPSA) is 78.0 Å². The molecule has 0 fully saturated rings. The zero-order valence-corrected chi connectivity index (χ0v) is 12.0. The van der Waals surface area contributed by atoms with Gasteiger partial charge < -0.3 is 4.74 Å². The maximum atomic E-state index is 5.83. The van der Waals surface area contributed by atoms with Gasteiger partial charge in [-0.05, 0) is 30.7 Å². The Morgan fingerprint density at radius 1 is 1.40 bits per heavy atom. The lowest BCUT2D eigenvalue weighted by atomic mass is 10.2. The average Bonchev–Trinajstić information content (AvgIpc) is 2.90. The molecule has 0 spiro atoms. The summed E-state index contributed by atoms with van der Waals surface area (Å²) in [4.78, 5) is 0. The number of nitrogens with zero attached hydrogens (tertiary/aromatic N) is 3. The summed E-state index contributed by atoms with van der Waals surface area (Å²) in [7, 11) is 0. The lowest BCUT2D eigenvalue weighted by Gasteiger charge is -2.17. The van der Waals surface area contributed by atoms with Crippen molar-refractivity contribution in [3.63, 3.8) is 0 Å². The van der Waals surface area contributed by atoms with E-state index in [2.05, 4.69) is 22.7 Å². The summed E-state index contributed by atoms with van der Waals surface area (Å²) < 4.78 is 7.53. The number of hydrogen-bond donors (Lipinski definition) is 2. The summed E-state index contributed by atoms with van der Waals surface area (Å²) in [6.45, 7) is 3.27. The van der Waals surface area contributed by atoms with E-state index < -0.39 is 0 Å². The summed E-state index contributed by atoms with van der Waals surface area (Å²) in [6, 6.07) is 7.02. The van der Waals surface area contributed by atoms with Gasteiger partial charge in [-0.2, -0.15) is 0 Å². The van der Waals surface area contributed by atoms with E-state index in [-0.39, 0.29) is 6.04 Å². The third-order valence-corrected chi connectivity index (χ3v) is 3.12. The van der Waals surface area contributed by atoms with E-state index in [1.807, 2.05) is 16.8 Å². The van der Waals surface area contributed by atoms with Gasteiger partial charge in [0.25, 0.3) is 0 Å². The van der Waals surface area contributed by atoms with Crippen LogP contribution < -0.4 is 16.0 Å². The molecule has 1 heterocycles. The Morgan fingerprint density at radius 2 is 2.15 bits per heavy atom. The van der Waals surface area contributed by atoms with Crippen molar-refractivity contribution < 1.29 is 4.74 Å². The summed E-state index contributed by atoms with van der Waals surface area (Å²) in [5.74, 6) is 6.34. The highest BCUT2D eigenvalue weighted by Gasteiger charge is 2.16. The van der Waals surface area contributed by atoms with Crippen LogP contribution in [-0.4, -0.2) is 21.6 Å². The minimum atomic E-state index is -0.174. The smallest absolute Gasteiger partial charge is 0.119 e. The summed E-state index contributed by atoms with van der Waals surface area (Å²) in [5, 5.41) is 8.64. The Labute approximate surface area is 122 Å². The van der Waals surface area contributed by atoms with Crippen LogP contribution in [0.4, 0.5) is 0 Å². The Kier molecular flexibility index (Phi) is 5.34. The predicted octanol–water partition coefficient (Wildman–Crippen LogP) is 1.92.